The maximum atomic E-state index is 12.0. The van der Waals surface area contributed by atoms with Crippen LogP contribution in [0.1, 0.15) is 24.6 Å². The molecule has 2 aliphatic heterocycles. The van der Waals surface area contributed by atoms with Gasteiger partial charge in [-0.05, 0) is 6.92 Å². The molecular weight excluding hydrogens is 364 g/mol. The topological polar surface area (TPSA) is 163 Å². The lowest BCUT2D eigenvalue weighted by molar-refractivity contribution is -0.264. The van der Waals surface area contributed by atoms with Crippen LogP contribution in [-0.2, 0) is 14.2 Å². The summed E-state index contributed by atoms with van der Waals surface area (Å²) in [5.41, 5.74) is -0.781. The van der Waals surface area contributed by atoms with E-state index in [1.807, 2.05) is 0 Å². The van der Waals surface area contributed by atoms with Crippen LogP contribution in [0.2, 0.25) is 0 Å². The molecule has 152 valence electrons. The molecule has 0 spiro atoms. The van der Waals surface area contributed by atoms with Crippen LogP contribution in [0.5, 0.6) is 0 Å². The number of nitrogens with one attached hydrogen (secondary N) is 1. The number of rotatable bonds is 5. The molecule has 7 atom stereocenters. The number of nitrogens with zero attached hydrogens (tertiary/aromatic N) is 1. The predicted octanol–water partition coefficient (Wildman–Crippen LogP) is -2.66. The van der Waals surface area contributed by atoms with Crippen molar-refractivity contribution in [3.63, 3.8) is 0 Å². The van der Waals surface area contributed by atoms with Crippen molar-refractivity contribution >= 4 is 0 Å². The minimum absolute atomic E-state index is 0.00247. The third-order valence-electron chi connectivity index (χ3n) is 4.82. The monoisotopic (exact) mass is 388 g/mol. The zero-order valence-corrected chi connectivity index (χ0v) is 14.7. The summed E-state index contributed by atoms with van der Waals surface area (Å²) in [4.78, 5) is 25.6. The van der Waals surface area contributed by atoms with Crippen molar-refractivity contribution in [1.29, 1.82) is 0 Å². The summed E-state index contributed by atoms with van der Waals surface area (Å²) < 4.78 is 17.8. The zero-order valence-electron chi connectivity index (χ0n) is 14.7. The van der Waals surface area contributed by atoms with Crippen LogP contribution in [0, 0.1) is 6.92 Å². The number of aromatic nitrogens is 2. The fourth-order valence-electron chi connectivity index (χ4n) is 3.21. The summed E-state index contributed by atoms with van der Waals surface area (Å²) >= 11 is 0. The van der Waals surface area contributed by atoms with Crippen LogP contribution in [0.25, 0.3) is 0 Å². The highest BCUT2D eigenvalue weighted by atomic mass is 16.7. The Kier molecular flexibility index (Phi) is 6.11. The van der Waals surface area contributed by atoms with Crippen molar-refractivity contribution in [2.24, 2.45) is 0 Å². The van der Waals surface area contributed by atoms with Crippen molar-refractivity contribution in [1.82, 2.24) is 9.55 Å². The highest BCUT2D eigenvalue weighted by molar-refractivity contribution is 5.02. The molecule has 1 aromatic heterocycles. The first-order valence-electron chi connectivity index (χ1n) is 8.69. The molecule has 2 saturated heterocycles. The largest absolute Gasteiger partial charge is 0.394 e. The molecule has 0 aliphatic carbocycles. The van der Waals surface area contributed by atoms with Gasteiger partial charge in [-0.1, -0.05) is 0 Å². The molecule has 3 rings (SSSR count). The molecule has 0 bridgehead atoms. The molecule has 0 aromatic carbocycles. The van der Waals surface area contributed by atoms with Gasteiger partial charge in [-0.2, -0.15) is 0 Å². The van der Waals surface area contributed by atoms with Crippen molar-refractivity contribution in [3.8, 4) is 0 Å². The first-order valence-corrected chi connectivity index (χ1v) is 8.69. The van der Waals surface area contributed by atoms with Crippen molar-refractivity contribution < 1.29 is 34.6 Å². The average Bonchev–Trinajstić information content (AvgIpc) is 2.99. The number of aromatic amines is 1. The lowest BCUT2D eigenvalue weighted by Gasteiger charge is -2.36. The Morgan fingerprint density at radius 3 is 2.63 bits per heavy atom. The van der Waals surface area contributed by atoms with Crippen molar-refractivity contribution in [2.75, 3.05) is 13.2 Å². The standard InChI is InChI=1S/C16H24N2O9/c1-7-4-18(16(24)17-15(7)23)12-2-8(20)11(26-12)6-25-13-3-9(21)14(22)10(5-19)27-13/h4,8-14,19-22H,2-3,5-6H2,1H3,(H,17,23,24)/t8-,9+,10+,11+,12+,13?,14-/m0/s1. The Balaban J connectivity index is 1.60. The Morgan fingerprint density at radius 1 is 1.19 bits per heavy atom. The molecule has 0 radical (unpaired) electrons. The van der Waals surface area contributed by atoms with E-state index >= 15 is 0 Å². The van der Waals surface area contributed by atoms with Gasteiger partial charge >= 0.3 is 5.69 Å². The molecule has 3 heterocycles. The molecule has 1 unspecified atom stereocenters. The first kappa shape index (κ1) is 20.1. The first-order chi connectivity index (χ1) is 12.8. The van der Waals surface area contributed by atoms with Crippen LogP contribution in [0.4, 0.5) is 0 Å². The highest BCUT2D eigenvalue weighted by Crippen LogP contribution is 2.29. The van der Waals surface area contributed by atoms with Gasteiger partial charge in [0.1, 0.15) is 24.5 Å². The van der Waals surface area contributed by atoms with Gasteiger partial charge < -0.3 is 34.6 Å². The number of aliphatic hydroxyl groups excluding tert-OH is 4. The van der Waals surface area contributed by atoms with E-state index in [4.69, 9.17) is 14.2 Å². The Hall–Kier alpha value is -1.60. The van der Waals surface area contributed by atoms with Gasteiger partial charge in [-0.3, -0.25) is 14.3 Å². The Labute approximate surface area is 153 Å². The van der Waals surface area contributed by atoms with Crippen LogP contribution in [-0.4, -0.2) is 80.0 Å². The van der Waals surface area contributed by atoms with Gasteiger partial charge in [-0.25, -0.2) is 4.79 Å². The number of hydrogen-bond acceptors (Lipinski definition) is 9. The fourth-order valence-corrected chi connectivity index (χ4v) is 3.21. The SMILES string of the molecule is Cc1cn([C@H]2C[C@H](O)[C@@H](COC3C[C@@H](O)[C@H](O)[C@@H](CO)O3)O2)c(=O)[nH]c1=O. The smallest absolute Gasteiger partial charge is 0.330 e. The second-order valence-corrected chi connectivity index (χ2v) is 6.82. The number of hydrogen-bond donors (Lipinski definition) is 5. The molecule has 2 fully saturated rings. The summed E-state index contributed by atoms with van der Waals surface area (Å²) in [6, 6.07) is 0. The maximum Gasteiger partial charge on any atom is 0.330 e. The summed E-state index contributed by atoms with van der Waals surface area (Å²) in [6.45, 7) is 0.996. The second-order valence-electron chi connectivity index (χ2n) is 6.82. The lowest BCUT2D eigenvalue weighted by atomic mass is 10.0. The maximum absolute atomic E-state index is 12.0. The Morgan fingerprint density at radius 2 is 1.93 bits per heavy atom. The molecular formula is C16H24N2O9. The molecule has 2 aliphatic rings. The number of aliphatic hydroxyl groups is 4. The minimum atomic E-state index is -1.21. The van der Waals surface area contributed by atoms with E-state index in [-0.39, 0.29) is 19.4 Å². The van der Waals surface area contributed by atoms with E-state index in [9.17, 15) is 30.0 Å². The zero-order chi connectivity index (χ0) is 19.7. The molecule has 11 heteroatoms. The molecule has 1 aromatic rings. The van der Waals surface area contributed by atoms with E-state index in [1.54, 1.807) is 6.92 Å². The van der Waals surface area contributed by atoms with Crippen LogP contribution < -0.4 is 11.2 Å². The van der Waals surface area contributed by atoms with Gasteiger partial charge in [0.2, 0.25) is 0 Å². The summed E-state index contributed by atoms with van der Waals surface area (Å²) in [7, 11) is 0. The Bertz CT molecular complexity index is 763. The van der Waals surface area contributed by atoms with Crippen molar-refractivity contribution in [2.45, 2.75) is 62.8 Å². The van der Waals surface area contributed by atoms with E-state index in [2.05, 4.69) is 4.98 Å². The number of aryl methyl sites for hydroxylation is 1. The third-order valence-corrected chi connectivity index (χ3v) is 4.82. The van der Waals surface area contributed by atoms with Gasteiger partial charge in [0.25, 0.3) is 5.56 Å². The van der Waals surface area contributed by atoms with Crippen LogP contribution >= 0.6 is 0 Å². The predicted molar refractivity (Wildman–Crippen MR) is 88.9 cm³/mol. The highest BCUT2D eigenvalue weighted by Gasteiger charge is 2.39. The fraction of sp³-hybridized carbons (Fsp3) is 0.750. The molecule has 5 N–H and O–H groups in total. The molecule has 11 nitrogen and oxygen atoms in total. The molecule has 0 saturated carbocycles. The lowest BCUT2D eigenvalue weighted by Crippen LogP contribution is -2.51. The second kappa shape index (κ2) is 8.19. The number of ether oxygens (including phenoxy) is 3. The summed E-state index contributed by atoms with van der Waals surface area (Å²) in [5.74, 6) is 0. The molecule has 27 heavy (non-hydrogen) atoms. The van der Waals surface area contributed by atoms with E-state index in [0.717, 1.165) is 0 Å². The minimum Gasteiger partial charge on any atom is -0.394 e. The third kappa shape index (κ3) is 4.29. The van der Waals surface area contributed by atoms with E-state index < -0.39 is 60.9 Å². The van der Waals surface area contributed by atoms with Crippen LogP contribution in [0.15, 0.2) is 15.8 Å². The molecule has 0 amide bonds. The summed E-state index contributed by atoms with van der Waals surface area (Å²) in [5, 5.41) is 38.9. The van der Waals surface area contributed by atoms with Crippen molar-refractivity contribution in [3.05, 3.63) is 32.6 Å². The van der Waals surface area contributed by atoms with E-state index in [0.29, 0.717) is 5.56 Å². The van der Waals surface area contributed by atoms with Gasteiger partial charge in [-0.15, -0.1) is 0 Å². The summed E-state index contributed by atoms with van der Waals surface area (Å²) in [6.07, 6.45) is -5.09. The average molecular weight is 388 g/mol. The number of H-pyrrole nitrogens is 1. The van der Waals surface area contributed by atoms with E-state index in [1.165, 1.54) is 10.8 Å². The van der Waals surface area contributed by atoms with Gasteiger partial charge in [0, 0.05) is 24.6 Å². The van der Waals surface area contributed by atoms with Crippen LogP contribution in [0.3, 0.4) is 0 Å². The van der Waals surface area contributed by atoms with Gasteiger partial charge in [0.15, 0.2) is 6.29 Å². The normalized spacial score (nSPS) is 36.9. The quantitative estimate of drug-likeness (QED) is 0.362. The van der Waals surface area contributed by atoms with Gasteiger partial charge in [0.05, 0.1) is 25.4 Å².